The Kier molecular flexibility index (Phi) is 7.43. The second kappa shape index (κ2) is 7.13. The minimum atomic E-state index is -0.670. The molecule has 0 aromatic carbocycles. The molecule has 0 aromatic rings. The molecule has 1 N–H and O–H groups in total. The normalized spacial score (nSPS) is 16.3. The molecule has 0 spiro atoms. The summed E-state index contributed by atoms with van der Waals surface area (Å²) in [6, 6.07) is 0.382. The van der Waals surface area contributed by atoms with Crippen LogP contribution in [-0.2, 0) is 10.8 Å². The monoisotopic (exact) mass is 195 g/mol. The lowest BCUT2D eigenvalue weighted by molar-refractivity contribution is 0.611. The van der Waals surface area contributed by atoms with Crippen molar-refractivity contribution in [2.45, 2.75) is 13.0 Å². The summed E-state index contributed by atoms with van der Waals surface area (Å²) in [5.74, 6) is 1.88. The number of nitrogens with one attached hydrogen (secondary N) is 1. The Hall–Kier alpha value is 0.460. The lowest BCUT2D eigenvalue weighted by Gasteiger charge is -2.10. The van der Waals surface area contributed by atoms with E-state index in [-0.39, 0.29) is 0 Å². The number of hydrogen-bond acceptors (Lipinski definition) is 3. The Bertz CT molecular complexity index is 119. The Morgan fingerprint density at radius 1 is 1.64 bits per heavy atom. The molecular weight excluding hydrogens is 178 g/mol. The van der Waals surface area contributed by atoms with Crippen molar-refractivity contribution in [2.24, 2.45) is 0 Å². The predicted octanol–water partition coefficient (Wildman–Crippen LogP) is 0.706. The van der Waals surface area contributed by atoms with Crippen LogP contribution in [0.5, 0.6) is 0 Å². The van der Waals surface area contributed by atoms with E-state index in [0.717, 1.165) is 18.1 Å². The van der Waals surface area contributed by atoms with Gasteiger partial charge in [-0.3, -0.25) is 4.21 Å². The zero-order chi connectivity index (χ0) is 8.69. The first-order valence-corrected chi connectivity index (χ1v) is 6.81. The molecule has 0 bridgehead atoms. The maximum absolute atomic E-state index is 10.8. The zero-order valence-electron chi connectivity index (χ0n) is 7.42. The average molecular weight is 195 g/mol. The van der Waals surface area contributed by atoms with Crippen LogP contribution in [-0.4, -0.2) is 40.8 Å². The van der Waals surface area contributed by atoms with Crippen LogP contribution < -0.4 is 5.32 Å². The van der Waals surface area contributed by atoms with Crippen molar-refractivity contribution in [1.82, 2.24) is 5.32 Å². The van der Waals surface area contributed by atoms with E-state index < -0.39 is 10.8 Å². The molecule has 0 aliphatic heterocycles. The van der Waals surface area contributed by atoms with E-state index >= 15 is 0 Å². The highest BCUT2D eigenvalue weighted by molar-refractivity contribution is 7.98. The minimum absolute atomic E-state index is 0.382. The topological polar surface area (TPSA) is 29.1 Å². The molecule has 0 heterocycles. The van der Waals surface area contributed by atoms with Gasteiger partial charge in [0.2, 0.25) is 0 Å². The Labute approximate surface area is 76.0 Å². The van der Waals surface area contributed by atoms with E-state index in [2.05, 4.69) is 18.5 Å². The van der Waals surface area contributed by atoms with E-state index in [1.165, 1.54) is 0 Å². The van der Waals surface area contributed by atoms with E-state index in [1.807, 2.05) is 11.8 Å². The molecule has 0 rings (SSSR count). The third-order valence-corrected chi connectivity index (χ3v) is 2.87. The summed E-state index contributed by atoms with van der Waals surface area (Å²) in [6.07, 6.45) is 3.83. The first kappa shape index (κ1) is 11.5. The zero-order valence-corrected chi connectivity index (χ0v) is 9.06. The SMILES string of the molecule is CSCCNC(C)CS(C)=O. The number of hydrogen-bond donors (Lipinski definition) is 1. The molecule has 0 aromatic heterocycles. The van der Waals surface area contributed by atoms with E-state index in [9.17, 15) is 4.21 Å². The summed E-state index contributed by atoms with van der Waals surface area (Å²) in [5.41, 5.74) is 0. The molecule has 0 saturated carbocycles. The highest BCUT2D eigenvalue weighted by Crippen LogP contribution is 1.90. The van der Waals surface area contributed by atoms with Crippen LogP contribution in [0.15, 0.2) is 0 Å². The van der Waals surface area contributed by atoms with Crippen molar-refractivity contribution in [2.75, 3.05) is 30.6 Å². The molecule has 68 valence electrons. The van der Waals surface area contributed by atoms with Gasteiger partial charge >= 0.3 is 0 Å². The predicted molar refractivity (Wildman–Crippen MR) is 54.8 cm³/mol. The van der Waals surface area contributed by atoms with Crippen LogP contribution in [0.1, 0.15) is 6.92 Å². The second-order valence-electron chi connectivity index (χ2n) is 2.59. The first-order chi connectivity index (χ1) is 5.16. The molecule has 2 unspecified atom stereocenters. The highest BCUT2D eigenvalue weighted by atomic mass is 32.2. The Morgan fingerprint density at radius 3 is 2.73 bits per heavy atom. The lowest BCUT2D eigenvalue weighted by atomic mass is 10.4. The van der Waals surface area contributed by atoms with Gasteiger partial charge in [0.1, 0.15) is 0 Å². The summed E-state index contributed by atoms with van der Waals surface area (Å²) >= 11 is 1.82. The molecule has 0 fully saturated rings. The van der Waals surface area contributed by atoms with Gasteiger partial charge in [-0.15, -0.1) is 0 Å². The van der Waals surface area contributed by atoms with Gasteiger partial charge in [-0.2, -0.15) is 11.8 Å². The molecule has 0 radical (unpaired) electrons. The van der Waals surface area contributed by atoms with Crippen LogP contribution in [0.25, 0.3) is 0 Å². The van der Waals surface area contributed by atoms with Crippen LogP contribution >= 0.6 is 11.8 Å². The fraction of sp³-hybridized carbons (Fsp3) is 1.00. The molecule has 2 nitrogen and oxygen atoms in total. The quantitative estimate of drug-likeness (QED) is 0.633. The molecule has 11 heavy (non-hydrogen) atoms. The second-order valence-corrected chi connectivity index (χ2v) is 5.05. The van der Waals surface area contributed by atoms with E-state index in [0.29, 0.717) is 6.04 Å². The summed E-state index contributed by atoms with van der Waals surface area (Å²) in [6.45, 7) is 3.08. The molecule has 0 aliphatic rings. The van der Waals surface area contributed by atoms with E-state index in [4.69, 9.17) is 0 Å². The minimum Gasteiger partial charge on any atom is -0.313 e. The van der Waals surface area contributed by atoms with Gasteiger partial charge in [0, 0.05) is 41.1 Å². The number of rotatable bonds is 6. The van der Waals surface area contributed by atoms with Crippen molar-refractivity contribution < 1.29 is 4.21 Å². The maximum Gasteiger partial charge on any atom is 0.0383 e. The van der Waals surface area contributed by atoms with Gasteiger partial charge in [-0.1, -0.05) is 0 Å². The van der Waals surface area contributed by atoms with Crippen molar-refractivity contribution in [3.63, 3.8) is 0 Å². The highest BCUT2D eigenvalue weighted by Gasteiger charge is 2.01. The molecule has 2 atom stereocenters. The van der Waals surface area contributed by atoms with Crippen molar-refractivity contribution >= 4 is 22.6 Å². The smallest absolute Gasteiger partial charge is 0.0383 e. The Balaban J connectivity index is 3.22. The fourth-order valence-electron chi connectivity index (χ4n) is 0.818. The van der Waals surface area contributed by atoms with Crippen LogP contribution in [0.3, 0.4) is 0 Å². The van der Waals surface area contributed by atoms with Gasteiger partial charge in [-0.05, 0) is 13.2 Å². The van der Waals surface area contributed by atoms with Crippen molar-refractivity contribution in [3.05, 3.63) is 0 Å². The molecule has 0 saturated heterocycles. The standard InChI is InChI=1S/C7H17NOS2/c1-7(6-11(3)9)8-4-5-10-2/h7-8H,4-6H2,1-3H3. The molecule has 4 heteroatoms. The maximum atomic E-state index is 10.8. The summed E-state index contributed by atoms with van der Waals surface area (Å²) < 4.78 is 10.8. The van der Waals surface area contributed by atoms with Crippen LogP contribution in [0, 0.1) is 0 Å². The fourth-order valence-corrected chi connectivity index (χ4v) is 1.96. The van der Waals surface area contributed by atoms with E-state index in [1.54, 1.807) is 6.26 Å². The molecular formula is C7H17NOS2. The van der Waals surface area contributed by atoms with Gasteiger partial charge in [-0.25, -0.2) is 0 Å². The van der Waals surface area contributed by atoms with Gasteiger partial charge in [0.15, 0.2) is 0 Å². The summed E-state index contributed by atoms with van der Waals surface area (Å²) in [7, 11) is -0.670. The van der Waals surface area contributed by atoms with Crippen LogP contribution in [0.4, 0.5) is 0 Å². The third kappa shape index (κ3) is 8.37. The third-order valence-electron chi connectivity index (χ3n) is 1.28. The van der Waals surface area contributed by atoms with Gasteiger partial charge < -0.3 is 5.32 Å². The average Bonchev–Trinajstić information content (AvgIpc) is 1.86. The summed E-state index contributed by atoms with van der Waals surface area (Å²) in [5, 5.41) is 3.30. The van der Waals surface area contributed by atoms with Gasteiger partial charge in [0.05, 0.1) is 0 Å². The number of thioether (sulfide) groups is 1. The van der Waals surface area contributed by atoms with Crippen molar-refractivity contribution in [1.29, 1.82) is 0 Å². The van der Waals surface area contributed by atoms with Crippen molar-refractivity contribution in [3.8, 4) is 0 Å². The lowest BCUT2D eigenvalue weighted by Crippen LogP contribution is -2.32. The Morgan fingerprint density at radius 2 is 2.27 bits per heavy atom. The first-order valence-electron chi connectivity index (χ1n) is 3.69. The molecule has 0 amide bonds. The van der Waals surface area contributed by atoms with Gasteiger partial charge in [0.25, 0.3) is 0 Å². The van der Waals surface area contributed by atoms with Crippen LogP contribution in [0.2, 0.25) is 0 Å². The largest absolute Gasteiger partial charge is 0.313 e. The summed E-state index contributed by atoms with van der Waals surface area (Å²) in [4.78, 5) is 0. The molecule has 0 aliphatic carbocycles.